The number of aromatic nitrogens is 2. The highest BCUT2D eigenvalue weighted by Gasteiger charge is 2.15. The van der Waals surface area contributed by atoms with E-state index >= 15 is 0 Å². The van der Waals surface area contributed by atoms with Crippen molar-refractivity contribution in [2.45, 2.75) is 51.9 Å². The lowest BCUT2D eigenvalue weighted by molar-refractivity contribution is 0.131. The van der Waals surface area contributed by atoms with Crippen molar-refractivity contribution in [3.8, 4) is 17.2 Å². The summed E-state index contributed by atoms with van der Waals surface area (Å²) in [7, 11) is 1.66. The van der Waals surface area contributed by atoms with E-state index < -0.39 is 0 Å². The second kappa shape index (κ2) is 9.50. The normalized spacial score (nSPS) is 12.4. The Morgan fingerprint density at radius 1 is 1.00 bits per heavy atom. The zero-order valence-electron chi connectivity index (χ0n) is 17.7. The summed E-state index contributed by atoms with van der Waals surface area (Å²) < 4.78 is 19.7. The molecule has 1 aromatic heterocycles. The summed E-state index contributed by atoms with van der Waals surface area (Å²) in [4.78, 5) is 4.14. The third kappa shape index (κ3) is 6.56. The van der Waals surface area contributed by atoms with E-state index in [1.165, 1.54) is 5.56 Å². The first-order valence-electron chi connectivity index (χ1n) is 9.96. The maximum atomic E-state index is 6.32. The van der Waals surface area contributed by atoms with E-state index in [0.29, 0.717) is 0 Å². The number of methoxy groups -OCH3 is 1. The molecule has 0 aliphatic carbocycles. The monoisotopic (exact) mass is 394 g/mol. The van der Waals surface area contributed by atoms with Crippen LogP contribution in [0, 0.1) is 0 Å². The van der Waals surface area contributed by atoms with Crippen molar-refractivity contribution in [1.82, 2.24) is 9.55 Å². The largest absolute Gasteiger partial charge is 0.493 e. The molecule has 0 saturated heterocycles. The van der Waals surface area contributed by atoms with Crippen LogP contribution in [0.15, 0.2) is 67.3 Å². The average molecular weight is 395 g/mol. The van der Waals surface area contributed by atoms with E-state index in [2.05, 4.69) is 37.9 Å². The van der Waals surface area contributed by atoms with Gasteiger partial charge in [0.25, 0.3) is 0 Å². The van der Waals surface area contributed by atoms with Gasteiger partial charge in [-0.3, -0.25) is 0 Å². The number of hydrogen-bond acceptors (Lipinski definition) is 4. The number of aryl methyl sites for hydroxylation is 1. The van der Waals surface area contributed by atoms with Gasteiger partial charge in [0.1, 0.15) is 17.5 Å². The van der Waals surface area contributed by atoms with Crippen LogP contribution >= 0.6 is 0 Å². The van der Waals surface area contributed by atoms with Crippen molar-refractivity contribution in [2.24, 2.45) is 0 Å². The van der Waals surface area contributed by atoms with Crippen LogP contribution in [0.3, 0.4) is 0 Å². The molecule has 5 heteroatoms. The molecular formula is C24H30N2O3. The average Bonchev–Trinajstić information content (AvgIpc) is 3.19. The highest BCUT2D eigenvalue weighted by atomic mass is 16.5. The second-order valence-corrected chi connectivity index (χ2v) is 8.05. The fourth-order valence-corrected chi connectivity index (χ4v) is 3.12. The van der Waals surface area contributed by atoms with Gasteiger partial charge in [0.05, 0.1) is 20.0 Å². The van der Waals surface area contributed by atoms with Gasteiger partial charge in [0.2, 0.25) is 0 Å². The lowest BCUT2D eigenvalue weighted by atomic mass is 10.1. The van der Waals surface area contributed by atoms with E-state index in [9.17, 15) is 0 Å². The number of benzene rings is 2. The Bertz CT molecular complexity index is 868. The fraction of sp³-hybridized carbons (Fsp3) is 0.375. The molecule has 29 heavy (non-hydrogen) atoms. The molecule has 0 aliphatic rings. The topological polar surface area (TPSA) is 45.5 Å². The van der Waals surface area contributed by atoms with Crippen molar-refractivity contribution < 1.29 is 14.2 Å². The van der Waals surface area contributed by atoms with Crippen molar-refractivity contribution in [2.75, 3.05) is 7.11 Å². The molecule has 1 atom stereocenters. The lowest BCUT2D eigenvalue weighted by Crippen LogP contribution is -2.24. The summed E-state index contributed by atoms with van der Waals surface area (Å²) in [6, 6.07) is 16.1. The summed E-state index contributed by atoms with van der Waals surface area (Å²) in [5.41, 5.74) is 1.06. The van der Waals surface area contributed by atoms with Crippen LogP contribution < -0.4 is 14.2 Å². The molecular weight excluding hydrogens is 364 g/mol. The molecule has 3 rings (SSSR count). The SMILES string of the molecule is COc1ccccc1OC(CCc1ccc(OC(C)(C)C)cc1)Cn1ccnc1. The van der Waals surface area contributed by atoms with Crippen molar-refractivity contribution in [3.63, 3.8) is 0 Å². The van der Waals surface area contributed by atoms with Gasteiger partial charge in [0, 0.05) is 12.4 Å². The number of hydrogen-bond donors (Lipinski definition) is 0. The van der Waals surface area contributed by atoms with Gasteiger partial charge in [-0.2, -0.15) is 0 Å². The summed E-state index contributed by atoms with van der Waals surface area (Å²) in [6.45, 7) is 6.88. The first-order chi connectivity index (χ1) is 13.9. The highest BCUT2D eigenvalue weighted by Crippen LogP contribution is 2.28. The van der Waals surface area contributed by atoms with Gasteiger partial charge >= 0.3 is 0 Å². The number of para-hydroxylation sites is 2. The van der Waals surface area contributed by atoms with Gasteiger partial charge in [-0.05, 0) is 63.4 Å². The molecule has 0 amide bonds. The van der Waals surface area contributed by atoms with Crippen molar-refractivity contribution in [3.05, 3.63) is 72.8 Å². The first-order valence-corrected chi connectivity index (χ1v) is 9.96. The van der Waals surface area contributed by atoms with Gasteiger partial charge < -0.3 is 18.8 Å². The lowest BCUT2D eigenvalue weighted by Gasteiger charge is -2.22. The predicted octanol–water partition coefficient (Wildman–Crippen LogP) is 5.15. The molecule has 3 aromatic rings. The van der Waals surface area contributed by atoms with Gasteiger partial charge in [-0.15, -0.1) is 0 Å². The third-order valence-corrected chi connectivity index (χ3v) is 4.44. The maximum absolute atomic E-state index is 6.32. The minimum Gasteiger partial charge on any atom is -0.493 e. The minimum atomic E-state index is -0.194. The fourth-order valence-electron chi connectivity index (χ4n) is 3.12. The number of nitrogens with zero attached hydrogens (tertiary/aromatic N) is 2. The number of imidazole rings is 1. The molecule has 0 N–H and O–H groups in total. The Hall–Kier alpha value is -2.95. The Morgan fingerprint density at radius 2 is 1.72 bits per heavy atom. The van der Waals surface area contributed by atoms with Gasteiger partial charge in [-0.1, -0.05) is 24.3 Å². The molecule has 0 radical (unpaired) electrons. The smallest absolute Gasteiger partial charge is 0.161 e. The van der Waals surface area contributed by atoms with Gasteiger partial charge in [-0.25, -0.2) is 4.98 Å². The molecule has 154 valence electrons. The Labute approximate surface area is 173 Å². The van der Waals surface area contributed by atoms with E-state index in [4.69, 9.17) is 14.2 Å². The highest BCUT2D eigenvalue weighted by molar-refractivity contribution is 5.39. The third-order valence-electron chi connectivity index (χ3n) is 4.44. The number of rotatable bonds is 9. The summed E-state index contributed by atoms with van der Waals surface area (Å²) in [6.07, 6.45) is 7.33. The van der Waals surface area contributed by atoms with Crippen molar-refractivity contribution in [1.29, 1.82) is 0 Å². The van der Waals surface area contributed by atoms with Crippen LogP contribution in [-0.4, -0.2) is 28.4 Å². The quantitative estimate of drug-likeness (QED) is 0.503. The zero-order chi connectivity index (χ0) is 20.7. The molecule has 1 heterocycles. The molecule has 5 nitrogen and oxygen atoms in total. The van der Waals surface area contributed by atoms with E-state index in [-0.39, 0.29) is 11.7 Å². The predicted molar refractivity (Wildman–Crippen MR) is 115 cm³/mol. The van der Waals surface area contributed by atoms with Gasteiger partial charge in [0.15, 0.2) is 11.5 Å². The van der Waals surface area contributed by atoms with Crippen molar-refractivity contribution >= 4 is 0 Å². The van der Waals surface area contributed by atoms with Crippen LogP contribution in [0.2, 0.25) is 0 Å². The van der Waals surface area contributed by atoms with Crippen LogP contribution in [0.4, 0.5) is 0 Å². The minimum absolute atomic E-state index is 0.00833. The summed E-state index contributed by atoms with van der Waals surface area (Å²) in [5, 5.41) is 0. The molecule has 0 aliphatic heterocycles. The standard InChI is InChI=1S/C24H30N2O3/c1-24(2,3)29-20-12-9-19(10-13-20)11-14-21(17-26-16-15-25-18-26)28-23-8-6-5-7-22(23)27-4/h5-10,12-13,15-16,18,21H,11,14,17H2,1-4H3. The van der Waals surface area contributed by atoms with Crippen LogP contribution in [-0.2, 0) is 13.0 Å². The van der Waals surface area contributed by atoms with Crippen LogP contribution in [0.25, 0.3) is 0 Å². The summed E-state index contributed by atoms with van der Waals surface area (Å²) in [5.74, 6) is 2.39. The van der Waals surface area contributed by atoms with Crippen LogP contribution in [0.1, 0.15) is 32.8 Å². The Morgan fingerprint density at radius 3 is 2.34 bits per heavy atom. The zero-order valence-corrected chi connectivity index (χ0v) is 17.7. The molecule has 0 spiro atoms. The summed E-state index contributed by atoms with van der Waals surface area (Å²) >= 11 is 0. The molecule has 1 unspecified atom stereocenters. The Balaban J connectivity index is 1.66. The molecule has 0 saturated carbocycles. The van der Waals surface area contributed by atoms with E-state index in [1.54, 1.807) is 13.3 Å². The first kappa shape index (κ1) is 20.8. The van der Waals surface area contributed by atoms with E-state index in [0.717, 1.165) is 36.6 Å². The number of ether oxygens (including phenoxy) is 3. The Kier molecular flexibility index (Phi) is 6.81. The molecule has 0 bridgehead atoms. The molecule has 2 aromatic carbocycles. The van der Waals surface area contributed by atoms with E-state index in [1.807, 2.05) is 53.5 Å². The second-order valence-electron chi connectivity index (χ2n) is 8.05. The molecule has 0 fully saturated rings. The van der Waals surface area contributed by atoms with Crippen LogP contribution in [0.5, 0.6) is 17.2 Å². The maximum Gasteiger partial charge on any atom is 0.161 e.